The van der Waals surface area contributed by atoms with E-state index in [4.69, 9.17) is 11.6 Å². The van der Waals surface area contributed by atoms with E-state index >= 15 is 0 Å². The summed E-state index contributed by atoms with van der Waals surface area (Å²) in [6.45, 7) is 0. The van der Waals surface area contributed by atoms with Gasteiger partial charge in [0.2, 0.25) is 0 Å². The summed E-state index contributed by atoms with van der Waals surface area (Å²) >= 11 is 6.00. The van der Waals surface area contributed by atoms with Gasteiger partial charge in [-0.1, -0.05) is 41.9 Å². The molecule has 0 bridgehead atoms. The van der Waals surface area contributed by atoms with Crippen LogP contribution in [0.2, 0.25) is 5.02 Å². The second-order valence-electron chi connectivity index (χ2n) is 3.91. The highest BCUT2D eigenvalue weighted by atomic mass is 35.5. The van der Waals surface area contributed by atoms with Gasteiger partial charge in [0.05, 0.1) is 11.7 Å². The van der Waals surface area contributed by atoms with Crippen molar-refractivity contribution in [3.05, 3.63) is 59.8 Å². The third-order valence-corrected chi connectivity index (χ3v) is 3.07. The first kappa shape index (κ1) is 10.2. The quantitative estimate of drug-likeness (QED) is 0.637. The predicted molar refractivity (Wildman–Crippen MR) is 69.6 cm³/mol. The highest BCUT2D eigenvalue weighted by Gasteiger charge is 2.09. The Morgan fingerprint density at radius 3 is 2.53 bits per heavy atom. The van der Waals surface area contributed by atoms with Crippen LogP contribution >= 0.6 is 11.6 Å². The molecule has 0 fully saturated rings. The van der Waals surface area contributed by atoms with Crippen LogP contribution in [0.4, 0.5) is 0 Å². The Morgan fingerprint density at radius 1 is 1.00 bits per heavy atom. The van der Waals surface area contributed by atoms with Crippen molar-refractivity contribution in [3.8, 4) is 11.1 Å². The Hall–Kier alpha value is -1.93. The van der Waals surface area contributed by atoms with Crippen LogP contribution in [-0.2, 0) is 0 Å². The molecule has 0 spiro atoms. The predicted octanol–water partition coefficient (Wildman–Crippen LogP) is 4.20. The lowest BCUT2D eigenvalue weighted by Crippen LogP contribution is -1.84. The van der Waals surface area contributed by atoms with Gasteiger partial charge >= 0.3 is 0 Å². The molecule has 0 aliphatic heterocycles. The molecule has 1 N–H and O–H groups in total. The average molecular weight is 244 g/mol. The minimum Gasteiger partial charge on any atom is -0.428 e. The Bertz CT molecular complexity index is 673. The maximum atomic E-state index is 9.82. The minimum absolute atomic E-state index is 0.667. The zero-order valence-corrected chi connectivity index (χ0v) is 9.72. The first-order valence-electron chi connectivity index (χ1n) is 5.31. The number of fused-ring (bicyclic) bond motifs is 1. The molecular weight excluding hydrogens is 234 g/mol. The van der Waals surface area contributed by atoms with Gasteiger partial charge in [0.25, 0.3) is 0 Å². The Balaban J connectivity index is 2.34. The van der Waals surface area contributed by atoms with Crippen molar-refractivity contribution in [1.29, 1.82) is 0 Å². The van der Waals surface area contributed by atoms with Gasteiger partial charge in [0.1, 0.15) is 0 Å². The largest absolute Gasteiger partial charge is 0.428 e. The molecule has 84 valence electrons. The number of hydrogen-bond donors (Lipinski definition) is 1. The second-order valence-corrected chi connectivity index (χ2v) is 4.35. The van der Waals surface area contributed by atoms with E-state index in [0.29, 0.717) is 5.02 Å². The van der Waals surface area contributed by atoms with E-state index in [9.17, 15) is 5.21 Å². The van der Waals surface area contributed by atoms with Crippen LogP contribution in [0.5, 0.6) is 0 Å². The van der Waals surface area contributed by atoms with Gasteiger partial charge < -0.3 is 5.21 Å². The zero-order chi connectivity index (χ0) is 11.8. The third-order valence-electron chi connectivity index (χ3n) is 2.83. The van der Waals surface area contributed by atoms with Gasteiger partial charge in [0, 0.05) is 16.0 Å². The van der Waals surface area contributed by atoms with Gasteiger partial charge in [0.15, 0.2) is 0 Å². The monoisotopic (exact) mass is 243 g/mol. The van der Waals surface area contributed by atoms with Crippen molar-refractivity contribution in [2.75, 3.05) is 0 Å². The summed E-state index contributed by atoms with van der Waals surface area (Å²) in [4.78, 5) is 0. The molecule has 0 saturated carbocycles. The van der Waals surface area contributed by atoms with E-state index in [0.717, 1.165) is 26.8 Å². The van der Waals surface area contributed by atoms with Crippen LogP contribution in [0.1, 0.15) is 0 Å². The van der Waals surface area contributed by atoms with E-state index in [-0.39, 0.29) is 0 Å². The van der Waals surface area contributed by atoms with Crippen LogP contribution in [0.15, 0.2) is 54.7 Å². The Kier molecular flexibility index (Phi) is 2.30. The zero-order valence-electron chi connectivity index (χ0n) is 8.97. The number of nitrogens with zero attached hydrogens (tertiary/aromatic N) is 1. The lowest BCUT2D eigenvalue weighted by molar-refractivity contribution is 0.200. The van der Waals surface area contributed by atoms with Crippen LogP contribution in [0, 0.1) is 0 Å². The molecule has 17 heavy (non-hydrogen) atoms. The van der Waals surface area contributed by atoms with Crippen molar-refractivity contribution in [1.82, 2.24) is 4.73 Å². The summed E-state index contributed by atoms with van der Waals surface area (Å²) in [6, 6.07) is 15.4. The van der Waals surface area contributed by atoms with E-state index in [2.05, 4.69) is 0 Å². The second kappa shape index (κ2) is 3.82. The van der Waals surface area contributed by atoms with Crippen molar-refractivity contribution < 1.29 is 5.21 Å². The number of benzene rings is 2. The number of rotatable bonds is 1. The first-order chi connectivity index (χ1) is 8.25. The SMILES string of the molecule is On1cc(-c2ccccc2)c2cc(Cl)ccc21. The number of aromatic nitrogens is 1. The maximum Gasteiger partial charge on any atom is 0.0872 e. The fraction of sp³-hybridized carbons (Fsp3) is 0. The standard InChI is InChI=1S/C14H10ClNO/c15-11-6-7-14-12(8-11)13(9-16(14)17)10-4-2-1-3-5-10/h1-9,17H. The normalized spacial score (nSPS) is 10.9. The molecule has 0 amide bonds. The minimum atomic E-state index is 0.667. The van der Waals surface area contributed by atoms with Gasteiger partial charge in [-0.25, -0.2) is 0 Å². The van der Waals surface area contributed by atoms with Crippen molar-refractivity contribution >= 4 is 22.5 Å². The summed E-state index contributed by atoms with van der Waals surface area (Å²) in [7, 11) is 0. The van der Waals surface area contributed by atoms with Crippen LogP contribution in [-0.4, -0.2) is 9.94 Å². The first-order valence-corrected chi connectivity index (χ1v) is 5.69. The smallest absolute Gasteiger partial charge is 0.0872 e. The molecule has 0 saturated heterocycles. The molecule has 2 nitrogen and oxygen atoms in total. The lowest BCUT2D eigenvalue weighted by Gasteiger charge is -1.98. The molecule has 0 aliphatic rings. The highest BCUT2D eigenvalue weighted by molar-refractivity contribution is 6.31. The van der Waals surface area contributed by atoms with Crippen molar-refractivity contribution in [2.45, 2.75) is 0 Å². The molecule has 0 atom stereocenters. The topological polar surface area (TPSA) is 25.2 Å². The van der Waals surface area contributed by atoms with Crippen molar-refractivity contribution in [3.63, 3.8) is 0 Å². The van der Waals surface area contributed by atoms with Gasteiger partial charge in [-0.05, 0) is 23.8 Å². The summed E-state index contributed by atoms with van der Waals surface area (Å²) in [5.74, 6) is 0. The van der Waals surface area contributed by atoms with Crippen LogP contribution in [0.3, 0.4) is 0 Å². The van der Waals surface area contributed by atoms with Crippen LogP contribution in [0.25, 0.3) is 22.0 Å². The summed E-state index contributed by atoms with van der Waals surface area (Å²) in [5, 5.41) is 11.4. The van der Waals surface area contributed by atoms with E-state index < -0.39 is 0 Å². The molecule has 0 aliphatic carbocycles. The summed E-state index contributed by atoms with van der Waals surface area (Å²) in [6.07, 6.45) is 1.70. The molecule has 2 aromatic carbocycles. The third kappa shape index (κ3) is 1.67. The molecule has 0 radical (unpaired) electrons. The van der Waals surface area contributed by atoms with E-state index in [1.54, 1.807) is 12.3 Å². The highest BCUT2D eigenvalue weighted by Crippen LogP contribution is 2.31. The van der Waals surface area contributed by atoms with Gasteiger partial charge in [-0.15, -0.1) is 0 Å². The molecule has 1 aromatic heterocycles. The fourth-order valence-corrected chi connectivity index (χ4v) is 2.20. The Morgan fingerprint density at radius 2 is 1.76 bits per heavy atom. The van der Waals surface area contributed by atoms with Crippen molar-refractivity contribution in [2.24, 2.45) is 0 Å². The van der Waals surface area contributed by atoms with Crippen LogP contribution < -0.4 is 0 Å². The molecule has 0 unspecified atom stereocenters. The van der Waals surface area contributed by atoms with E-state index in [1.165, 1.54) is 0 Å². The maximum absolute atomic E-state index is 9.82. The average Bonchev–Trinajstić information content (AvgIpc) is 2.67. The lowest BCUT2D eigenvalue weighted by atomic mass is 10.1. The molecular formula is C14H10ClNO. The summed E-state index contributed by atoms with van der Waals surface area (Å²) in [5.41, 5.74) is 2.80. The summed E-state index contributed by atoms with van der Waals surface area (Å²) < 4.78 is 1.13. The molecule has 3 aromatic rings. The van der Waals surface area contributed by atoms with Gasteiger partial charge in [-0.3, -0.25) is 0 Å². The van der Waals surface area contributed by atoms with Gasteiger partial charge in [-0.2, -0.15) is 4.73 Å². The van der Waals surface area contributed by atoms with E-state index in [1.807, 2.05) is 42.5 Å². The number of halogens is 1. The molecule has 3 rings (SSSR count). The fourth-order valence-electron chi connectivity index (χ4n) is 2.03. The number of hydrogen-bond acceptors (Lipinski definition) is 1. The molecule has 1 heterocycles. The Labute approximate surface area is 104 Å². The molecule has 3 heteroatoms.